The molecule has 24 heavy (non-hydrogen) atoms. The van der Waals surface area contributed by atoms with Gasteiger partial charge in [-0.25, -0.2) is 13.1 Å². The summed E-state index contributed by atoms with van der Waals surface area (Å²) in [5.41, 5.74) is -0.421. The summed E-state index contributed by atoms with van der Waals surface area (Å²) < 4.78 is 63.2. The molecule has 0 atom stereocenters. The van der Waals surface area contributed by atoms with Crippen LogP contribution in [0.2, 0.25) is 10.0 Å². The second kappa shape index (κ2) is 7.90. The van der Waals surface area contributed by atoms with E-state index in [-0.39, 0.29) is 22.5 Å². The highest BCUT2D eigenvalue weighted by Crippen LogP contribution is 2.29. The lowest BCUT2D eigenvalue weighted by molar-refractivity contribution is -0.123. The molecule has 0 saturated heterocycles. The van der Waals surface area contributed by atoms with E-state index in [9.17, 15) is 26.4 Å². The molecule has 1 amide bonds. The van der Waals surface area contributed by atoms with Gasteiger partial charge in [0.2, 0.25) is 10.0 Å². The molecule has 2 N–H and O–H groups in total. The fraction of sp³-hybridized carbons (Fsp3) is 0.462. The Kier molecular flexibility index (Phi) is 6.92. The van der Waals surface area contributed by atoms with Crippen LogP contribution in [0.1, 0.15) is 24.2 Å². The van der Waals surface area contributed by atoms with Crippen molar-refractivity contribution >= 4 is 39.1 Å². The highest BCUT2D eigenvalue weighted by Gasteiger charge is 2.29. The Morgan fingerprint density at radius 2 is 1.79 bits per heavy atom. The van der Waals surface area contributed by atoms with E-state index in [2.05, 4.69) is 4.72 Å². The van der Waals surface area contributed by atoms with Gasteiger partial charge in [0.25, 0.3) is 5.91 Å². The van der Waals surface area contributed by atoms with Crippen LogP contribution in [-0.4, -0.2) is 33.6 Å². The molecule has 0 spiro atoms. The molecule has 1 rings (SSSR count). The minimum absolute atomic E-state index is 0.0143. The maximum absolute atomic E-state index is 12.2. The number of amides is 1. The predicted octanol–water partition coefficient (Wildman–Crippen LogP) is 3.22. The molecule has 11 heteroatoms. The van der Waals surface area contributed by atoms with Crippen molar-refractivity contribution in [2.45, 2.75) is 24.9 Å². The third kappa shape index (κ3) is 6.12. The van der Waals surface area contributed by atoms with Crippen LogP contribution in [0.25, 0.3) is 0 Å². The molecule has 0 fully saturated rings. The van der Waals surface area contributed by atoms with E-state index in [4.69, 9.17) is 23.2 Å². The summed E-state index contributed by atoms with van der Waals surface area (Å²) in [5, 5.41) is 1.11. The monoisotopic (exact) mass is 406 g/mol. The van der Waals surface area contributed by atoms with Crippen LogP contribution in [-0.2, 0) is 10.0 Å². The summed E-state index contributed by atoms with van der Waals surface area (Å²) in [5.74, 6) is -1.14. The van der Waals surface area contributed by atoms with E-state index in [1.807, 2.05) is 0 Å². The zero-order valence-electron chi connectivity index (χ0n) is 12.7. The number of rotatable bonds is 6. The van der Waals surface area contributed by atoms with Gasteiger partial charge in [0.15, 0.2) is 0 Å². The van der Waals surface area contributed by atoms with Crippen LogP contribution < -0.4 is 10.0 Å². The summed E-state index contributed by atoms with van der Waals surface area (Å²) in [6.45, 7) is 2.11. The average Bonchev–Trinajstić information content (AvgIpc) is 2.41. The van der Waals surface area contributed by atoms with Crippen molar-refractivity contribution in [3.8, 4) is 0 Å². The lowest BCUT2D eigenvalue weighted by Gasteiger charge is -2.13. The van der Waals surface area contributed by atoms with Crippen molar-refractivity contribution in [1.29, 1.82) is 0 Å². The molecule has 0 aliphatic heterocycles. The topological polar surface area (TPSA) is 75.3 Å². The van der Waals surface area contributed by atoms with Gasteiger partial charge in [-0.05, 0) is 18.1 Å². The van der Waals surface area contributed by atoms with Gasteiger partial charge in [0.1, 0.15) is 11.4 Å². The van der Waals surface area contributed by atoms with Gasteiger partial charge in [0, 0.05) is 6.54 Å². The van der Waals surface area contributed by atoms with Gasteiger partial charge >= 0.3 is 6.18 Å². The van der Waals surface area contributed by atoms with E-state index < -0.39 is 39.1 Å². The van der Waals surface area contributed by atoms with Gasteiger partial charge in [-0.2, -0.15) is 13.2 Å². The van der Waals surface area contributed by atoms with E-state index in [0.717, 1.165) is 12.1 Å². The second-order valence-corrected chi connectivity index (χ2v) is 7.86. The Balaban J connectivity index is 3.15. The number of nitrogens with one attached hydrogen (secondary N) is 2. The zero-order chi connectivity index (χ0) is 18.7. The third-order valence-corrected chi connectivity index (χ3v) is 4.89. The van der Waals surface area contributed by atoms with E-state index in [1.54, 1.807) is 19.2 Å². The standard InChI is InChI=1S/C13H15Cl2F3N2O3S/c1-7(2)5-20-24(22,23)11-3-8(9(14)4-10(11)15)12(21)19-6-13(16,17)18/h3-4,7,20H,5-6H2,1-2H3,(H,19,21). The first-order valence-electron chi connectivity index (χ1n) is 6.67. The fourth-order valence-corrected chi connectivity index (χ4v) is 3.61. The first-order valence-corrected chi connectivity index (χ1v) is 8.91. The summed E-state index contributed by atoms with van der Waals surface area (Å²) in [6, 6.07) is 1.84. The molecule has 5 nitrogen and oxygen atoms in total. The summed E-state index contributed by atoms with van der Waals surface area (Å²) in [4.78, 5) is 11.4. The maximum atomic E-state index is 12.2. The predicted molar refractivity (Wildman–Crippen MR) is 84.9 cm³/mol. The Morgan fingerprint density at radius 1 is 1.21 bits per heavy atom. The number of sulfonamides is 1. The number of carbonyl (C=O) groups is 1. The summed E-state index contributed by atoms with van der Waals surface area (Å²) >= 11 is 11.6. The van der Waals surface area contributed by atoms with Crippen LogP contribution in [0, 0.1) is 5.92 Å². The van der Waals surface area contributed by atoms with Crippen molar-refractivity contribution in [1.82, 2.24) is 10.0 Å². The Bertz CT molecular complexity index is 722. The minimum atomic E-state index is -4.61. The van der Waals surface area contributed by atoms with Gasteiger partial charge in [0.05, 0.1) is 15.6 Å². The molecule has 1 aromatic rings. The first kappa shape index (κ1) is 21.0. The molecule has 0 radical (unpaired) electrons. The Hall–Kier alpha value is -1.03. The summed E-state index contributed by atoms with van der Waals surface area (Å²) in [6.07, 6.45) is -4.61. The highest BCUT2D eigenvalue weighted by atomic mass is 35.5. The molecule has 0 aliphatic carbocycles. The molecule has 0 heterocycles. The maximum Gasteiger partial charge on any atom is 0.405 e. The highest BCUT2D eigenvalue weighted by molar-refractivity contribution is 7.89. The second-order valence-electron chi connectivity index (χ2n) is 5.31. The van der Waals surface area contributed by atoms with Gasteiger partial charge in [-0.1, -0.05) is 37.0 Å². The van der Waals surface area contributed by atoms with Gasteiger partial charge in [-0.3, -0.25) is 4.79 Å². The van der Waals surface area contributed by atoms with Crippen molar-refractivity contribution < 1.29 is 26.4 Å². The normalized spacial score (nSPS) is 12.5. The third-order valence-electron chi connectivity index (χ3n) is 2.69. The van der Waals surface area contributed by atoms with Gasteiger partial charge in [-0.15, -0.1) is 0 Å². The smallest absolute Gasteiger partial charge is 0.343 e. The van der Waals surface area contributed by atoms with Crippen LogP contribution in [0.4, 0.5) is 13.2 Å². The summed E-state index contributed by atoms with van der Waals surface area (Å²) in [7, 11) is -4.04. The molecule has 0 bridgehead atoms. The number of halogens is 5. The zero-order valence-corrected chi connectivity index (χ0v) is 15.0. The van der Waals surface area contributed by atoms with Crippen LogP contribution in [0.5, 0.6) is 0 Å². The Morgan fingerprint density at radius 3 is 2.29 bits per heavy atom. The van der Waals surface area contributed by atoms with Crippen LogP contribution >= 0.6 is 23.2 Å². The van der Waals surface area contributed by atoms with E-state index in [0.29, 0.717) is 0 Å². The van der Waals surface area contributed by atoms with Crippen molar-refractivity contribution in [3.63, 3.8) is 0 Å². The Labute approximate surface area is 147 Å². The molecular weight excluding hydrogens is 392 g/mol. The number of benzene rings is 1. The number of alkyl halides is 3. The van der Waals surface area contributed by atoms with Crippen molar-refractivity contribution in [2.75, 3.05) is 13.1 Å². The quantitative estimate of drug-likeness (QED) is 0.761. The van der Waals surface area contributed by atoms with Crippen LogP contribution in [0.15, 0.2) is 17.0 Å². The van der Waals surface area contributed by atoms with Crippen molar-refractivity contribution in [3.05, 3.63) is 27.7 Å². The largest absolute Gasteiger partial charge is 0.405 e. The lowest BCUT2D eigenvalue weighted by atomic mass is 10.2. The molecule has 136 valence electrons. The van der Waals surface area contributed by atoms with Crippen LogP contribution in [0.3, 0.4) is 0 Å². The molecule has 1 aromatic carbocycles. The van der Waals surface area contributed by atoms with E-state index in [1.165, 1.54) is 0 Å². The first-order chi connectivity index (χ1) is 10.8. The minimum Gasteiger partial charge on any atom is -0.343 e. The number of hydrogen-bond donors (Lipinski definition) is 2. The molecule has 0 aromatic heterocycles. The molecule has 0 saturated carbocycles. The van der Waals surface area contributed by atoms with Gasteiger partial charge < -0.3 is 5.32 Å². The number of hydrogen-bond acceptors (Lipinski definition) is 3. The molecular formula is C13H15Cl2F3N2O3S. The lowest BCUT2D eigenvalue weighted by Crippen LogP contribution is -2.34. The SMILES string of the molecule is CC(C)CNS(=O)(=O)c1cc(C(=O)NCC(F)(F)F)c(Cl)cc1Cl. The fourth-order valence-electron chi connectivity index (χ4n) is 1.54. The average molecular weight is 407 g/mol. The van der Waals surface area contributed by atoms with E-state index >= 15 is 0 Å². The molecule has 0 aliphatic rings. The number of carbonyl (C=O) groups excluding carboxylic acids is 1. The molecule has 0 unspecified atom stereocenters. The van der Waals surface area contributed by atoms with Crippen molar-refractivity contribution in [2.24, 2.45) is 5.92 Å².